The number of rotatable bonds is 7. The van der Waals surface area contributed by atoms with Crippen molar-refractivity contribution in [1.29, 1.82) is 0 Å². The fourth-order valence-electron chi connectivity index (χ4n) is 2.56. The number of nitrogens with zero attached hydrogens (tertiary/aromatic N) is 1. The van der Waals surface area contributed by atoms with E-state index in [0.29, 0.717) is 19.7 Å². The van der Waals surface area contributed by atoms with Crippen LogP contribution < -0.4 is 5.32 Å². The molecular weight excluding hydrogens is 272 g/mol. The van der Waals surface area contributed by atoms with Gasteiger partial charge in [0.2, 0.25) is 0 Å². The number of ether oxygens (including phenoxy) is 1. The molecule has 1 aliphatic heterocycles. The molecule has 0 aromatic rings. The van der Waals surface area contributed by atoms with Crippen molar-refractivity contribution < 1.29 is 19.4 Å². The van der Waals surface area contributed by atoms with E-state index in [1.165, 1.54) is 0 Å². The minimum absolute atomic E-state index is 0.0283. The highest BCUT2D eigenvalue weighted by Crippen LogP contribution is 2.21. The van der Waals surface area contributed by atoms with Gasteiger partial charge in [0.1, 0.15) is 0 Å². The van der Waals surface area contributed by atoms with Crippen molar-refractivity contribution in [3.63, 3.8) is 0 Å². The molecule has 0 aromatic heterocycles. The SMILES string of the molecule is COCCC(C)(C)CNC(=O)N1CCCCC1CC(=O)O. The molecule has 1 unspecified atom stereocenters. The first-order valence-corrected chi connectivity index (χ1v) is 7.61. The summed E-state index contributed by atoms with van der Waals surface area (Å²) >= 11 is 0. The molecule has 0 bridgehead atoms. The number of methoxy groups -OCH3 is 1. The maximum atomic E-state index is 12.3. The molecule has 2 amide bonds. The van der Waals surface area contributed by atoms with Crippen molar-refractivity contribution in [2.75, 3.05) is 26.8 Å². The average molecular weight is 300 g/mol. The van der Waals surface area contributed by atoms with Crippen LogP contribution in [0.2, 0.25) is 0 Å². The maximum absolute atomic E-state index is 12.3. The molecule has 1 rings (SSSR count). The summed E-state index contributed by atoms with van der Waals surface area (Å²) in [4.78, 5) is 24.9. The van der Waals surface area contributed by atoms with Gasteiger partial charge >= 0.3 is 12.0 Å². The van der Waals surface area contributed by atoms with Crippen molar-refractivity contribution in [3.05, 3.63) is 0 Å². The Morgan fingerprint density at radius 3 is 2.71 bits per heavy atom. The first kappa shape index (κ1) is 17.8. The summed E-state index contributed by atoms with van der Waals surface area (Å²) in [6, 6.07) is -0.329. The Balaban J connectivity index is 2.50. The van der Waals surface area contributed by atoms with Gasteiger partial charge in [-0.05, 0) is 31.1 Å². The van der Waals surface area contributed by atoms with Gasteiger partial charge in [0.05, 0.1) is 6.42 Å². The number of urea groups is 1. The lowest BCUT2D eigenvalue weighted by molar-refractivity contribution is -0.138. The smallest absolute Gasteiger partial charge is 0.317 e. The van der Waals surface area contributed by atoms with Crippen LogP contribution >= 0.6 is 0 Å². The molecule has 6 nitrogen and oxygen atoms in total. The second-order valence-electron chi connectivity index (χ2n) is 6.51. The van der Waals surface area contributed by atoms with Gasteiger partial charge in [-0.1, -0.05) is 13.8 Å². The van der Waals surface area contributed by atoms with E-state index in [-0.39, 0.29) is 23.9 Å². The van der Waals surface area contributed by atoms with E-state index in [4.69, 9.17) is 9.84 Å². The largest absolute Gasteiger partial charge is 0.481 e. The van der Waals surface area contributed by atoms with E-state index in [0.717, 1.165) is 25.7 Å². The summed E-state index contributed by atoms with van der Waals surface area (Å²) in [6.07, 6.45) is 3.59. The lowest BCUT2D eigenvalue weighted by atomic mass is 9.90. The Kier molecular flexibility index (Phi) is 6.95. The summed E-state index contributed by atoms with van der Waals surface area (Å²) < 4.78 is 5.07. The van der Waals surface area contributed by atoms with Crippen molar-refractivity contribution in [2.24, 2.45) is 5.41 Å². The third-order valence-electron chi connectivity index (χ3n) is 4.00. The van der Waals surface area contributed by atoms with E-state index in [1.54, 1.807) is 12.0 Å². The van der Waals surface area contributed by atoms with Crippen LogP contribution in [0.1, 0.15) is 46.0 Å². The van der Waals surface area contributed by atoms with Gasteiger partial charge in [0.15, 0.2) is 0 Å². The minimum Gasteiger partial charge on any atom is -0.481 e. The number of hydrogen-bond acceptors (Lipinski definition) is 3. The number of carbonyl (C=O) groups is 2. The molecule has 1 fully saturated rings. The molecule has 2 N–H and O–H groups in total. The Morgan fingerprint density at radius 2 is 2.10 bits per heavy atom. The van der Waals surface area contributed by atoms with E-state index >= 15 is 0 Å². The zero-order chi connectivity index (χ0) is 15.9. The molecule has 21 heavy (non-hydrogen) atoms. The first-order valence-electron chi connectivity index (χ1n) is 7.61. The highest BCUT2D eigenvalue weighted by atomic mass is 16.5. The normalized spacial score (nSPS) is 19.4. The molecule has 1 heterocycles. The number of piperidine rings is 1. The van der Waals surface area contributed by atoms with Crippen LogP contribution in [0.3, 0.4) is 0 Å². The Morgan fingerprint density at radius 1 is 1.38 bits per heavy atom. The van der Waals surface area contributed by atoms with Gasteiger partial charge in [-0.25, -0.2) is 4.79 Å². The predicted molar refractivity (Wildman–Crippen MR) is 80.3 cm³/mol. The zero-order valence-electron chi connectivity index (χ0n) is 13.4. The van der Waals surface area contributed by atoms with Gasteiger partial charge in [-0.15, -0.1) is 0 Å². The highest BCUT2D eigenvalue weighted by Gasteiger charge is 2.29. The van der Waals surface area contributed by atoms with Crippen molar-refractivity contribution in [3.8, 4) is 0 Å². The van der Waals surface area contributed by atoms with E-state index in [1.807, 2.05) is 0 Å². The number of carboxylic acid groups (broad SMARTS) is 1. The average Bonchev–Trinajstić information content (AvgIpc) is 2.43. The van der Waals surface area contributed by atoms with Gasteiger partial charge in [-0.3, -0.25) is 4.79 Å². The molecule has 122 valence electrons. The third kappa shape index (κ3) is 6.33. The monoisotopic (exact) mass is 300 g/mol. The molecule has 6 heteroatoms. The van der Waals surface area contributed by atoms with Crippen LogP contribution in [0.5, 0.6) is 0 Å². The van der Waals surface area contributed by atoms with Gasteiger partial charge in [0, 0.05) is 32.8 Å². The number of likely N-dealkylation sites (tertiary alicyclic amines) is 1. The van der Waals surface area contributed by atoms with Gasteiger partial charge in [-0.2, -0.15) is 0 Å². The number of carboxylic acids is 1. The Labute approximate surface area is 126 Å². The Bertz CT molecular complexity index is 358. The van der Waals surface area contributed by atoms with Crippen LogP contribution in [0.15, 0.2) is 0 Å². The quantitative estimate of drug-likeness (QED) is 0.754. The van der Waals surface area contributed by atoms with Crippen molar-refractivity contribution in [2.45, 2.75) is 52.0 Å². The molecule has 0 saturated carbocycles. The van der Waals surface area contributed by atoms with Crippen LogP contribution in [0.4, 0.5) is 4.79 Å². The first-order chi connectivity index (χ1) is 9.85. The summed E-state index contributed by atoms with van der Waals surface area (Å²) in [6.45, 7) is 6.02. The van der Waals surface area contributed by atoms with Crippen molar-refractivity contribution in [1.82, 2.24) is 10.2 Å². The lowest BCUT2D eigenvalue weighted by Crippen LogP contribution is -2.51. The fraction of sp³-hybridized carbons (Fsp3) is 0.867. The molecule has 1 atom stereocenters. The van der Waals surface area contributed by atoms with Gasteiger partial charge in [0.25, 0.3) is 0 Å². The summed E-state index contributed by atoms with van der Waals surface area (Å²) in [7, 11) is 1.67. The molecule has 0 radical (unpaired) electrons. The number of nitrogens with one attached hydrogen (secondary N) is 1. The van der Waals surface area contributed by atoms with E-state index in [2.05, 4.69) is 19.2 Å². The summed E-state index contributed by atoms with van der Waals surface area (Å²) in [5, 5.41) is 11.9. The van der Waals surface area contributed by atoms with E-state index < -0.39 is 5.97 Å². The molecule has 0 aliphatic carbocycles. The van der Waals surface area contributed by atoms with E-state index in [9.17, 15) is 9.59 Å². The number of carbonyl (C=O) groups excluding carboxylic acids is 1. The molecule has 0 aromatic carbocycles. The fourth-order valence-corrected chi connectivity index (χ4v) is 2.56. The molecule has 1 saturated heterocycles. The predicted octanol–water partition coefficient (Wildman–Crippen LogP) is 2.09. The van der Waals surface area contributed by atoms with Crippen LogP contribution in [-0.2, 0) is 9.53 Å². The maximum Gasteiger partial charge on any atom is 0.317 e. The van der Waals surface area contributed by atoms with Crippen LogP contribution in [0.25, 0.3) is 0 Å². The van der Waals surface area contributed by atoms with Gasteiger partial charge < -0.3 is 20.1 Å². The minimum atomic E-state index is -0.847. The number of aliphatic carboxylic acids is 1. The molecule has 1 aliphatic rings. The second-order valence-corrected chi connectivity index (χ2v) is 6.51. The second kappa shape index (κ2) is 8.22. The number of amides is 2. The molecule has 0 spiro atoms. The third-order valence-corrected chi connectivity index (χ3v) is 4.00. The topological polar surface area (TPSA) is 78.9 Å². The van der Waals surface area contributed by atoms with Crippen LogP contribution in [0, 0.1) is 5.41 Å². The van der Waals surface area contributed by atoms with Crippen LogP contribution in [-0.4, -0.2) is 54.9 Å². The highest BCUT2D eigenvalue weighted by molar-refractivity contribution is 5.76. The number of hydrogen-bond donors (Lipinski definition) is 2. The molecular formula is C15H28N2O4. The zero-order valence-corrected chi connectivity index (χ0v) is 13.4. The summed E-state index contributed by atoms with van der Waals surface area (Å²) in [5.74, 6) is -0.847. The standard InChI is InChI=1S/C15H28N2O4/c1-15(2,7-9-21-3)11-16-14(20)17-8-5-4-6-12(17)10-13(18)19/h12H,4-11H2,1-3H3,(H,16,20)(H,18,19). The Hall–Kier alpha value is -1.30. The lowest BCUT2D eigenvalue weighted by Gasteiger charge is -2.36. The summed E-state index contributed by atoms with van der Waals surface area (Å²) in [5.41, 5.74) is -0.0379. The van der Waals surface area contributed by atoms with Crippen molar-refractivity contribution >= 4 is 12.0 Å².